The zero-order chi connectivity index (χ0) is 48.2. The van der Waals surface area contributed by atoms with Crippen LogP contribution in [0, 0.1) is 41.5 Å². The molecule has 70 heavy (non-hydrogen) atoms. The molecule has 5 nitrogen and oxygen atoms in total. The van der Waals surface area contributed by atoms with E-state index in [1.165, 1.54) is 104 Å². The molecule has 0 saturated carbocycles. The van der Waals surface area contributed by atoms with Gasteiger partial charge in [0.05, 0.1) is 28.1 Å². The van der Waals surface area contributed by atoms with Gasteiger partial charge >= 0.3 is 0 Å². The van der Waals surface area contributed by atoms with E-state index in [0.717, 1.165) is 39.7 Å². The van der Waals surface area contributed by atoms with E-state index in [1.54, 1.807) is 0 Å². The Bertz CT molecular complexity index is 3800. The number of aryl methyl sites for hydroxylation is 6. The summed E-state index contributed by atoms with van der Waals surface area (Å²) in [4.78, 5) is 9.98. The summed E-state index contributed by atoms with van der Waals surface area (Å²) in [6.45, 7) is 20.8. The van der Waals surface area contributed by atoms with Crippen LogP contribution in [0.1, 0.15) is 59.7 Å². The summed E-state index contributed by atoms with van der Waals surface area (Å²) in [5.74, 6) is 2.44. The number of pyridine rings is 1. The minimum Gasteiger partial charge on any atom is -0.457 e. The molecule has 0 amide bonds. The molecule has 0 saturated heterocycles. The second kappa shape index (κ2) is 16.5. The predicted octanol–water partition coefficient (Wildman–Crippen LogP) is 18.1. The van der Waals surface area contributed by atoms with Crippen molar-refractivity contribution >= 4 is 76.1 Å². The van der Waals surface area contributed by atoms with E-state index in [2.05, 4.69) is 234 Å². The molecule has 0 radical (unpaired) electrons. The van der Waals surface area contributed by atoms with Crippen molar-refractivity contribution in [1.29, 1.82) is 0 Å². The number of fused-ring (bicyclic) bond motifs is 8. The fourth-order valence-corrected chi connectivity index (χ4v) is 12.8. The summed E-state index contributed by atoms with van der Waals surface area (Å²) in [6, 6.07) is 57.8. The number of para-hydroxylation sites is 3. The van der Waals surface area contributed by atoms with Crippen LogP contribution in [0.4, 0.5) is 22.7 Å². The maximum absolute atomic E-state index is 6.94. The second-order valence-electron chi connectivity index (χ2n) is 20.4. The van der Waals surface area contributed by atoms with Crippen LogP contribution in [0.25, 0.3) is 70.0 Å². The van der Waals surface area contributed by atoms with Crippen molar-refractivity contribution in [3.05, 3.63) is 203 Å². The first-order valence-corrected chi connectivity index (χ1v) is 25.2. The summed E-state index contributed by atoms with van der Waals surface area (Å²) >= 11 is 1.87. The van der Waals surface area contributed by atoms with E-state index in [4.69, 9.17) is 9.72 Å². The van der Waals surface area contributed by atoms with Crippen LogP contribution in [0.15, 0.2) is 164 Å². The number of benzene rings is 8. The fraction of sp³-hybridized carbons (Fsp3) is 0.172. The molecule has 0 bridgehead atoms. The molecule has 12 rings (SSSR count). The number of ether oxygens (including phenoxy) is 1. The van der Waals surface area contributed by atoms with E-state index < -0.39 is 0 Å². The van der Waals surface area contributed by atoms with Gasteiger partial charge in [-0.25, -0.2) is 4.98 Å². The Hall–Kier alpha value is -7.67. The number of aromatic nitrogens is 2. The summed E-state index contributed by atoms with van der Waals surface area (Å²) < 4.78 is 11.9. The molecule has 0 fully saturated rings. The Labute approximate surface area is 414 Å². The zero-order valence-electron chi connectivity index (χ0n) is 41.4. The first kappa shape index (κ1) is 43.6. The SMILES string of the molecule is Cc1cc(C)c(-c2cccc(-c3c(C)cc(C)cc3C)c2N2CN(c3cccc(Oc4ccc5c6c7sc8ccccc8c7ccc6n(-c6cc(C(C)(C)C)ccn6)c5c4)c3)c3ccccc32)c(C)c1. The quantitative estimate of drug-likeness (QED) is 0.159. The summed E-state index contributed by atoms with van der Waals surface area (Å²) in [7, 11) is 0. The van der Waals surface area contributed by atoms with E-state index in [9.17, 15) is 0 Å². The Morgan fingerprint density at radius 3 is 1.83 bits per heavy atom. The van der Waals surface area contributed by atoms with Gasteiger partial charge in [-0.15, -0.1) is 11.3 Å². The van der Waals surface area contributed by atoms with E-state index in [1.807, 2.05) is 17.5 Å². The molecular weight excluding hydrogens is 873 g/mol. The standard InChI is InChI=1S/C64H56N4OS/c1-38-30-40(3)59(41(4)31-38)51-19-15-20-52(60-42(5)32-39(2)33-43(60)6)62(51)67-37-66(53-21-11-12-22-54(53)67)45-16-14-17-46(35-45)69-47-24-25-50-56(36-47)68(58-34-44(28-29-65-58)64(7,8)9)55-27-26-49-48-18-10-13-23-57(48)70-63(49)61(50)55/h10-36H,37H2,1-9H3. The van der Waals surface area contributed by atoms with Crippen LogP contribution in [-0.2, 0) is 5.41 Å². The number of nitrogens with zero attached hydrogens (tertiary/aromatic N) is 4. The maximum atomic E-state index is 6.94. The largest absolute Gasteiger partial charge is 0.457 e. The second-order valence-corrected chi connectivity index (χ2v) is 21.5. The van der Waals surface area contributed by atoms with Crippen molar-refractivity contribution in [3.63, 3.8) is 0 Å². The Morgan fingerprint density at radius 1 is 0.529 bits per heavy atom. The minimum atomic E-state index is -0.0363. The highest BCUT2D eigenvalue weighted by atomic mass is 32.1. The summed E-state index contributed by atoms with van der Waals surface area (Å²) in [5.41, 5.74) is 20.7. The Morgan fingerprint density at radius 2 is 1.14 bits per heavy atom. The molecule has 0 N–H and O–H groups in total. The average Bonchev–Trinajstić information content (AvgIpc) is 4.01. The third-order valence-corrected chi connectivity index (χ3v) is 15.6. The van der Waals surface area contributed by atoms with Crippen LogP contribution in [0.2, 0.25) is 0 Å². The smallest absolute Gasteiger partial charge is 0.137 e. The molecule has 11 aromatic rings. The summed E-state index contributed by atoms with van der Waals surface area (Å²) in [6.07, 6.45) is 1.95. The number of anilines is 4. The van der Waals surface area contributed by atoms with Crippen molar-refractivity contribution in [2.45, 2.75) is 67.7 Å². The van der Waals surface area contributed by atoms with Gasteiger partial charge < -0.3 is 14.5 Å². The van der Waals surface area contributed by atoms with Gasteiger partial charge in [-0.1, -0.05) is 117 Å². The highest BCUT2D eigenvalue weighted by molar-refractivity contribution is 7.26. The minimum absolute atomic E-state index is 0.0363. The van der Waals surface area contributed by atoms with Crippen molar-refractivity contribution in [3.8, 4) is 39.6 Å². The van der Waals surface area contributed by atoms with Gasteiger partial charge in [0.15, 0.2) is 0 Å². The van der Waals surface area contributed by atoms with Gasteiger partial charge in [0, 0.05) is 66.1 Å². The highest BCUT2D eigenvalue weighted by Gasteiger charge is 2.33. The Balaban J connectivity index is 0.971. The molecule has 1 aliphatic rings. The molecular formula is C64H56N4OS. The molecule has 0 unspecified atom stereocenters. The van der Waals surface area contributed by atoms with Gasteiger partial charge in [0.25, 0.3) is 0 Å². The Kier molecular flexibility index (Phi) is 10.3. The average molecular weight is 929 g/mol. The van der Waals surface area contributed by atoms with E-state index in [-0.39, 0.29) is 5.41 Å². The van der Waals surface area contributed by atoms with Crippen molar-refractivity contribution in [1.82, 2.24) is 9.55 Å². The highest BCUT2D eigenvalue weighted by Crippen LogP contribution is 2.52. The number of hydrogen-bond acceptors (Lipinski definition) is 5. The molecule has 344 valence electrons. The lowest BCUT2D eigenvalue weighted by Crippen LogP contribution is -2.25. The molecule has 4 heterocycles. The van der Waals surface area contributed by atoms with Crippen LogP contribution < -0.4 is 14.5 Å². The van der Waals surface area contributed by atoms with Crippen LogP contribution in [-0.4, -0.2) is 16.2 Å². The normalized spacial score (nSPS) is 12.8. The fourth-order valence-electron chi connectivity index (χ4n) is 11.5. The van der Waals surface area contributed by atoms with Crippen molar-refractivity contribution in [2.24, 2.45) is 0 Å². The molecule has 8 aromatic carbocycles. The van der Waals surface area contributed by atoms with E-state index in [0.29, 0.717) is 6.67 Å². The van der Waals surface area contributed by atoms with Crippen molar-refractivity contribution < 1.29 is 4.74 Å². The van der Waals surface area contributed by atoms with Gasteiger partial charge in [-0.3, -0.25) is 4.57 Å². The molecule has 1 aliphatic heterocycles. The van der Waals surface area contributed by atoms with Crippen LogP contribution >= 0.6 is 11.3 Å². The topological polar surface area (TPSA) is 33.5 Å². The number of thiophene rings is 1. The number of rotatable bonds is 7. The monoisotopic (exact) mass is 928 g/mol. The third kappa shape index (κ3) is 7.15. The van der Waals surface area contributed by atoms with Gasteiger partial charge in [0.2, 0.25) is 0 Å². The lowest BCUT2D eigenvalue weighted by Gasteiger charge is -2.29. The maximum Gasteiger partial charge on any atom is 0.137 e. The first-order valence-electron chi connectivity index (χ1n) is 24.4. The number of hydrogen-bond donors (Lipinski definition) is 0. The van der Waals surface area contributed by atoms with Gasteiger partial charge in [-0.05, 0) is 147 Å². The predicted molar refractivity (Wildman–Crippen MR) is 298 cm³/mol. The molecule has 0 atom stereocenters. The van der Waals surface area contributed by atoms with Crippen LogP contribution in [0.3, 0.4) is 0 Å². The molecule has 0 aliphatic carbocycles. The van der Waals surface area contributed by atoms with Gasteiger partial charge in [0.1, 0.15) is 24.0 Å². The molecule has 0 spiro atoms. The van der Waals surface area contributed by atoms with Crippen molar-refractivity contribution in [2.75, 3.05) is 16.5 Å². The lowest BCUT2D eigenvalue weighted by atomic mass is 9.86. The first-order chi connectivity index (χ1) is 33.8. The zero-order valence-corrected chi connectivity index (χ0v) is 42.2. The lowest BCUT2D eigenvalue weighted by molar-refractivity contribution is 0.483. The van der Waals surface area contributed by atoms with Crippen LogP contribution in [0.5, 0.6) is 11.5 Å². The third-order valence-electron chi connectivity index (χ3n) is 14.4. The molecule has 3 aromatic heterocycles. The molecule has 6 heteroatoms. The summed E-state index contributed by atoms with van der Waals surface area (Å²) in [5, 5.41) is 4.99. The van der Waals surface area contributed by atoms with E-state index >= 15 is 0 Å². The van der Waals surface area contributed by atoms with Gasteiger partial charge in [-0.2, -0.15) is 0 Å².